The van der Waals surface area contributed by atoms with Gasteiger partial charge in [0.1, 0.15) is 10.7 Å². The number of carbonyl (C=O) groups is 3. The van der Waals surface area contributed by atoms with Gasteiger partial charge in [-0.05, 0) is 38.1 Å². The van der Waals surface area contributed by atoms with Crippen molar-refractivity contribution in [3.05, 3.63) is 68.6 Å². The Hall–Kier alpha value is -3.50. The highest BCUT2D eigenvalue weighted by molar-refractivity contribution is 6.51. The minimum absolute atomic E-state index is 0.0107. The average Bonchev–Trinajstić information content (AvgIpc) is 2.69. The molecule has 8 heteroatoms. The highest BCUT2D eigenvalue weighted by Crippen LogP contribution is 2.34. The molecule has 1 aliphatic rings. The molecule has 1 heterocycles. The van der Waals surface area contributed by atoms with E-state index in [2.05, 4.69) is 10.3 Å². The number of fused-ring (bicyclic) bond motifs is 1. The number of ether oxygens (including phenoxy) is 1. The van der Waals surface area contributed by atoms with Gasteiger partial charge in [0.05, 0.1) is 41.1 Å². The second kappa shape index (κ2) is 7.25. The molecule has 2 aromatic rings. The van der Waals surface area contributed by atoms with E-state index in [1.54, 1.807) is 38.1 Å². The van der Waals surface area contributed by atoms with Crippen LogP contribution in [0.1, 0.15) is 48.0 Å². The number of esters is 1. The minimum Gasteiger partial charge on any atom is -0.465 e. The van der Waals surface area contributed by atoms with Gasteiger partial charge < -0.3 is 10.1 Å². The minimum atomic E-state index is -0.768. The second-order valence-electron chi connectivity index (χ2n) is 6.06. The molecule has 3 rings (SSSR count). The highest BCUT2D eigenvalue weighted by Gasteiger charge is 2.38. The van der Waals surface area contributed by atoms with E-state index in [1.165, 1.54) is 7.11 Å². The van der Waals surface area contributed by atoms with E-state index in [9.17, 15) is 14.4 Å². The summed E-state index contributed by atoms with van der Waals surface area (Å²) in [4.78, 5) is 42.5. The van der Waals surface area contributed by atoms with Gasteiger partial charge in [-0.2, -0.15) is 5.26 Å². The third kappa shape index (κ3) is 3.04. The molecule has 0 aliphatic heterocycles. The van der Waals surface area contributed by atoms with E-state index in [0.717, 1.165) is 0 Å². The van der Waals surface area contributed by atoms with Gasteiger partial charge in [0.15, 0.2) is 0 Å². The van der Waals surface area contributed by atoms with Crippen LogP contribution in [0.5, 0.6) is 0 Å². The van der Waals surface area contributed by atoms with Crippen LogP contribution in [0.25, 0.3) is 0 Å². The standard InChI is InChI=1S/C20H14ClN3O4/c1-9-13-15(14(10(2)23-9)20(27)28-3)18(25)16(21)17(19(13)26)24-12-6-4-11(8-22)5-7-12/h4-7,24H,1-3H3. The van der Waals surface area contributed by atoms with Gasteiger partial charge in [0.2, 0.25) is 11.6 Å². The van der Waals surface area contributed by atoms with Crippen LogP contribution in [-0.4, -0.2) is 29.6 Å². The predicted octanol–water partition coefficient (Wildman–Crippen LogP) is 3.30. The largest absolute Gasteiger partial charge is 0.465 e. The fraction of sp³-hybridized carbons (Fsp3) is 0.150. The molecule has 0 atom stereocenters. The molecule has 28 heavy (non-hydrogen) atoms. The summed E-state index contributed by atoms with van der Waals surface area (Å²) in [5.41, 5.74) is 1.22. The Morgan fingerprint density at radius 2 is 1.75 bits per heavy atom. The first-order chi connectivity index (χ1) is 13.3. The molecule has 0 spiro atoms. The van der Waals surface area contributed by atoms with Crippen LogP contribution in [-0.2, 0) is 4.74 Å². The van der Waals surface area contributed by atoms with Crippen molar-refractivity contribution in [2.45, 2.75) is 13.8 Å². The van der Waals surface area contributed by atoms with E-state index in [0.29, 0.717) is 16.9 Å². The van der Waals surface area contributed by atoms with Crippen LogP contribution in [0.3, 0.4) is 0 Å². The van der Waals surface area contributed by atoms with Crippen LogP contribution < -0.4 is 5.32 Å². The number of anilines is 1. The molecule has 1 aromatic heterocycles. The lowest BCUT2D eigenvalue weighted by Crippen LogP contribution is -2.29. The second-order valence-corrected chi connectivity index (χ2v) is 6.44. The number of hydrogen-bond acceptors (Lipinski definition) is 7. The Bertz CT molecular complexity index is 1110. The third-order valence-corrected chi connectivity index (χ3v) is 4.69. The number of rotatable bonds is 3. The first-order valence-corrected chi connectivity index (χ1v) is 8.53. The number of aryl methyl sites for hydroxylation is 2. The molecule has 0 saturated carbocycles. The monoisotopic (exact) mass is 395 g/mol. The smallest absolute Gasteiger partial charge is 0.340 e. The Balaban J connectivity index is 2.15. The Morgan fingerprint density at radius 1 is 1.11 bits per heavy atom. The lowest BCUT2D eigenvalue weighted by atomic mass is 9.87. The van der Waals surface area contributed by atoms with E-state index in [1.807, 2.05) is 6.07 Å². The number of Topliss-reactive ketones (excluding diaryl/α,β-unsaturated/α-hetero) is 2. The zero-order valence-corrected chi connectivity index (χ0v) is 16.0. The van der Waals surface area contributed by atoms with Crippen LogP contribution >= 0.6 is 11.6 Å². The zero-order valence-electron chi connectivity index (χ0n) is 15.2. The van der Waals surface area contributed by atoms with Crippen molar-refractivity contribution in [3.63, 3.8) is 0 Å². The molecule has 1 N–H and O–H groups in total. The Kier molecular flexibility index (Phi) is 4.99. The summed E-state index contributed by atoms with van der Waals surface area (Å²) in [7, 11) is 1.18. The highest BCUT2D eigenvalue weighted by atomic mass is 35.5. The van der Waals surface area contributed by atoms with Crippen LogP contribution in [0.4, 0.5) is 5.69 Å². The number of carbonyl (C=O) groups excluding carboxylic acids is 3. The van der Waals surface area contributed by atoms with Crippen LogP contribution in [0.2, 0.25) is 0 Å². The van der Waals surface area contributed by atoms with Gasteiger partial charge >= 0.3 is 5.97 Å². The summed E-state index contributed by atoms with van der Waals surface area (Å²) in [5, 5.41) is 11.4. The van der Waals surface area contributed by atoms with Crippen molar-refractivity contribution < 1.29 is 19.1 Å². The van der Waals surface area contributed by atoms with Gasteiger partial charge in [-0.1, -0.05) is 11.6 Å². The van der Waals surface area contributed by atoms with Gasteiger partial charge in [-0.3, -0.25) is 14.6 Å². The molecule has 0 amide bonds. The normalized spacial score (nSPS) is 13.1. The van der Waals surface area contributed by atoms with Crippen molar-refractivity contribution >= 4 is 34.8 Å². The fourth-order valence-electron chi connectivity index (χ4n) is 3.04. The first kappa shape index (κ1) is 19.3. The van der Waals surface area contributed by atoms with E-state index < -0.39 is 17.5 Å². The summed E-state index contributed by atoms with van der Waals surface area (Å²) in [6.45, 7) is 3.13. The number of allylic oxidation sites excluding steroid dienone is 2. The molecule has 1 aliphatic carbocycles. The summed E-state index contributed by atoms with van der Waals surface area (Å²) >= 11 is 6.21. The number of nitriles is 1. The Labute approximate surface area is 165 Å². The predicted molar refractivity (Wildman–Crippen MR) is 101 cm³/mol. The van der Waals surface area contributed by atoms with Crippen LogP contribution in [0, 0.1) is 25.2 Å². The number of methoxy groups -OCH3 is 1. The number of ketones is 2. The van der Waals surface area contributed by atoms with Crippen LogP contribution in [0.15, 0.2) is 35.0 Å². The van der Waals surface area contributed by atoms with Crippen molar-refractivity contribution in [2.75, 3.05) is 12.4 Å². The number of pyridine rings is 1. The number of hydrogen-bond donors (Lipinski definition) is 1. The fourth-order valence-corrected chi connectivity index (χ4v) is 3.27. The molecule has 0 unspecified atom stereocenters. The number of nitrogens with one attached hydrogen (secondary N) is 1. The molecular formula is C20H14ClN3O4. The number of benzene rings is 1. The van der Waals surface area contributed by atoms with Crippen molar-refractivity contribution in [2.24, 2.45) is 0 Å². The zero-order chi connectivity index (χ0) is 20.6. The summed E-state index contributed by atoms with van der Waals surface area (Å²) < 4.78 is 4.74. The molecular weight excluding hydrogens is 382 g/mol. The van der Waals surface area contributed by atoms with E-state index in [-0.39, 0.29) is 33.1 Å². The van der Waals surface area contributed by atoms with Gasteiger partial charge in [0, 0.05) is 11.4 Å². The topological polar surface area (TPSA) is 109 Å². The van der Waals surface area contributed by atoms with Crippen molar-refractivity contribution in [1.82, 2.24) is 4.98 Å². The summed E-state index contributed by atoms with van der Waals surface area (Å²) in [5.74, 6) is -1.99. The lowest BCUT2D eigenvalue weighted by Gasteiger charge is -2.22. The molecule has 0 saturated heterocycles. The summed E-state index contributed by atoms with van der Waals surface area (Å²) in [6, 6.07) is 8.29. The molecule has 0 bridgehead atoms. The van der Waals surface area contributed by atoms with Gasteiger partial charge in [-0.15, -0.1) is 0 Å². The maximum absolute atomic E-state index is 13.1. The average molecular weight is 396 g/mol. The molecule has 1 aromatic carbocycles. The number of nitrogens with zero attached hydrogens (tertiary/aromatic N) is 2. The van der Waals surface area contributed by atoms with E-state index in [4.69, 9.17) is 21.6 Å². The van der Waals surface area contributed by atoms with Crippen molar-refractivity contribution in [1.29, 1.82) is 5.26 Å². The van der Waals surface area contributed by atoms with Gasteiger partial charge in [0.25, 0.3) is 0 Å². The van der Waals surface area contributed by atoms with Crippen molar-refractivity contribution in [3.8, 4) is 6.07 Å². The van der Waals surface area contributed by atoms with Gasteiger partial charge in [-0.25, -0.2) is 4.79 Å². The number of halogens is 1. The SMILES string of the molecule is COC(=O)c1c(C)nc(C)c2c1C(=O)C(Cl)=C(Nc1ccc(C#N)cc1)C2=O. The lowest BCUT2D eigenvalue weighted by molar-refractivity contribution is 0.0596. The third-order valence-electron chi connectivity index (χ3n) is 4.33. The maximum atomic E-state index is 13.1. The Morgan fingerprint density at radius 3 is 2.32 bits per heavy atom. The first-order valence-electron chi connectivity index (χ1n) is 8.16. The van der Waals surface area contributed by atoms with E-state index >= 15 is 0 Å². The molecule has 140 valence electrons. The number of aromatic nitrogens is 1. The summed E-state index contributed by atoms with van der Waals surface area (Å²) in [6.07, 6.45) is 0. The molecule has 7 nitrogen and oxygen atoms in total. The molecule has 0 fully saturated rings. The quantitative estimate of drug-likeness (QED) is 0.794. The molecule has 0 radical (unpaired) electrons. The maximum Gasteiger partial charge on any atom is 0.340 e.